The summed E-state index contributed by atoms with van der Waals surface area (Å²) in [5, 5.41) is 10.3. The van der Waals surface area contributed by atoms with E-state index in [1.807, 2.05) is 13.8 Å². The Morgan fingerprint density at radius 2 is 1.82 bits per heavy atom. The molecule has 1 heterocycles. The molecule has 1 aliphatic heterocycles. The normalized spacial score (nSPS) is 18.8. The van der Waals surface area contributed by atoms with Crippen LogP contribution in [0, 0.1) is 0 Å². The highest BCUT2D eigenvalue weighted by molar-refractivity contribution is 5.34. The van der Waals surface area contributed by atoms with E-state index < -0.39 is 5.60 Å². The lowest BCUT2D eigenvalue weighted by Crippen LogP contribution is -2.60. The molecule has 0 amide bonds. The zero-order chi connectivity index (χ0) is 12.5. The van der Waals surface area contributed by atoms with Gasteiger partial charge in [0.2, 0.25) is 0 Å². The number of aryl methyl sites for hydroxylation is 1. The van der Waals surface area contributed by atoms with E-state index in [-0.39, 0.29) is 5.41 Å². The summed E-state index contributed by atoms with van der Waals surface area (Å²) >= 11 is 0. The number of hydrogen-bond acceptors (Lipinski definition) is 2. The van der Waals surface area contributed by atoms with Crippen LogP contribution in [0.1, 0.15) is 38.3 Å². The fraction of sp³-hybridized carbons (Fsp3) is 0.600. The maximum atomic E-state index is 10.3. The molecule has 0 atom stereocenters. The van der Waals surface area contributed by atoms with Gasteiger partial charge >= 0.3 is 0 Å². The average molecular weight is 234 g/mol. The van der Waals surface area contributed by atoms with Crippen molar-refractivity contribution in [3.05, 3.63) is 35.4 Å². The minimum absolute atomic E-state index is 0.224. The van der Waals surface area contributed by atoms with Gasteiger partial charge in [0.15, 0.2) is 0 Å². The Kier molecular flexibility index (Phi) is 3.28. The van der Waals surface area contributed by atoms with E-state index in [0.29, 0.717) is 13.2 Å². The Balaban J connectivity index is 2.26. The first-order chi connectivity index (χ1) is 7.99. The van der Waals surface area contributed by atoms with E-state index in [1.54, 1.807) is 0 Å². The molecule has 1 aromatic carbocycles. The molecule has 2 heteroatoms. The van der Waals surface area contributed by atoms with E-state index in [9.17, 15) is 5.11 Å². The zero-order valence-corrected chi connectivity index (χ0v) is 11.0. The van der Waals surface area contributed by atoms with Crippen LogP contribution in [0.5, 0.6) is 0 Å². The molecule has 94 valence electrons. The van der Waals surface area contributed by atoms with Crippen molar-refractivity contribution >= 4 is 0 Å². The molecule has 17 heavy (non-hydrogen) atoms. The van der Waals surface area contributed by atoms with Gasteiger partial charge in [0, 0.05) is 0 Å². The van der Waals surface area contributed by atoms with Crippen molar-refractivity contribution in [2.45, 2.75) is 44.6 Å². The summed E-state index contributed by atoms with van der Waals surface area (Å²) in [5.41, 5.74) is 1.59. The molecular weight excluding hydrogens is 212 g/mol. The van der Waals surface area contributed by atoms with Gasteiger partial charge in [-0.25, -0.2) is 0 Å². The summed E-state index contributed by atoms with van der Waals surface area (Å²) in [6, 6.07) is 8.63. The molecule has 0 radical (unpaired) electrons. The van der Waals surface area contributed by atoms with Gasteiger partial charge in [0.05, 0.1) is 24.2 Å². The maximum Gasteiger partial charge on any atom is 0.0732 e. The molecule has 2 nitrogen and oxygen atoms in total. The van der Waals surface area contributed by atoms with Crippen molar-refractivity contribution in [2.75, 3.05) is 13.2 Å². The lowest BCUT2D eigenvalue weighted by atomic mass is 9.67. The molecule has 1 aliphatic rings. The van der Waals surface area contributed by atoms with Crippen molar-refractivity contribution in [3.63, 3.8) is 0 Å². The Hall–Kier alpha value is -0.860. The van der Waals surface area contributed by atoms with Crippen LogP contribution in [0.4, 0.5) is 0 Å². The smallest absolute Gasteiger partial charge is 0.0732 e. The summed E-state index contributed by atoms with van der Waals surface area (Å²) < 4.78 is 5.34. The van der Waals surface area contributed by atoms with E-state index >= 15 is 0 Å². The van der Waals surface area contributed by atoms with Crippen molar-refractivity contribution in [2.24, 2.45) is 0 Å². The van der Waals surface area contributed by atoms with E-state index in [0.717, 1.165) is 6.42 Å². The molecule has 1 fully saturated rings. The second-order valence-electron chi connectivity index (χ2n) is 5.58. The van der Waals surface area contributed by atoms with Crippen LogP contribution in [0.2, 0.25) is 0 Å². The van der Waals surface area contributed by atoms with Gasteiger partial charge in [-0.05, 0) is 31.4 Å². The molecule has 2 rings (SSSR count). The molecular formula is C15H22O2. The van der Waals surface area contributed by atoms with E-state index in [4.69, 9.17) is 4.74 Å². The number of ether oxygens (including phenoxy) is 1. The van der Waals surface area contributed by atoms with Gasteiger partial charge in [-0.2, -0.15) is 0 Å². The van der Waals surface area contributed by atoms with Crippen LogP contribution < -0.4 is 0 Å². The first kappa shape index (κ1) is 12.6. The first-order valence-corrected chi connectivity index (χ1v) is 6.39. The fourth-order valence-corrected chi connectivity index (χ4v) is 2.46. The van der Waals surface area contributed by atoms with Gasteiger partial charge in [-0.1, -0.05) is 37.6 Å². The van der Waals surface area contributed by atoms with Crippen LogP contribution in [0.25, 0.3) is 0 Å². The third-order valence-electron chi connectivity index (χ3n) is 3.91. The highest BCUT2D eigenvalue weighted by Crippen LogP contribution is 2.41. The van der Waals surface area contributed by atoms with Gasteiger partial charge in [0.25, 0.3) is 0 Å². The monoisotopic (exact) mass is 234 g/mol. The van der Waals surface area contributed by atoms with Crippen molar-refractivity contribution in [3.8, 4) is 0 Å². The SMILES string of the molecule is CCCc1ccc(C2(C(C)(C)O)COC2)cc1. The van der Waals surface area contributed by atoms with Gasteiger partial charge in [-0.3, -0.25) is 0 Å². The number of rotatable bonds is 4. The molecule has 1 aromatic rings. The van der Waals surface area contributed by atoms with Crippen molar-refractivity contribution in [1.29, 1.82) is 0 Å². The maximum absolute atomic E-state index is 10.3. The Morgan fingerprint density at radius 1 is 1.24 bits per heavy atom. The molecule has 0 unspecified atom stereocenters. The minimum atomic E-state index is -0.739. The van der Waals surface area contributed by atoms with E-state index in [1.165, 1.54) is 17.5 Å². The summed E-state index contributed by atoms with van der Waals surface area (Å²) in [6.07, 6.45) is 2.28. The Morgan fingerprint density at radius 3 is 2.18 bits per heavy atom. The highest BCUT2D eigenvalue weighted by atomic mass is 16.5. The zero-order valence-electron chi connectivity index (χ0n) is 11.0. The van der Waals surface area contributed by atoms with Crippen LogP contribution in [-0.4, -0.2) is 23.9 Å². The third-order valence-corrected chi connectivity index (χ3v) is 3.91. The first-order valence-electron chi connectivity index (χ1n) is 6.39. The molecule has 0 aliphatic carbocycles. The van der Waals surface area contributed by atoms with Crippen molar-refractivity contribution < 1.29 is 9.84 Å². The summed E-state index contributed by atoms with van der Waals surface area (Å²) in [7, 11) is 0. The Bertz CT molecular complexity index is 369. The van der Waals surface area contributed by atoms with Gasteiger partial charge in [0.1, 0.15) is 0 Å². The summed E-state index contributed by atoms with van der Waals surface area (Å²) in [6.45, 7) is 7.16. The second-order valence-corrected chi connectivity index (χ2v) is 5.58. The lowest BCUT2D eigenvalue weighted by Gasteiger charge is -2.50. The van der Waals surface area contributed by atoms with Gasteiger partial charge in [-0.15, -0.1) is 0 Å². The molecule has 0 aromatic heterocycles. The molecule has 1 saturated heterocycles. The topological polar surface area (TPSA) is 29.5 Å². The minimum Gasteiger partial charge on any atom is -0.389 e. The van der Waals surface area contributed by atoms with Crippen LogP contribution in [-0.2, 0) is 16.6 Å². The van der Waals surface area contributed by atoms with Crippen LogP contribution >= 0.6 is 0 Å². The number of benzene rings is 1. The molecule has 0 spiro atoms. The summed E-state index contributed by atoms with van der Waals surface area (Å²) in [4.78, 5) is 0. The summed E-state index contributed by atoms with van der Waals surface area (Å²) in [5.74, 6) is 0. The third kappa shape index (κ3) is 2.12. The lowest BCUT2D eigenvalue weighted by molar-refractivity contribution is -0.157. The predicted octanol–water partition coefficient (Wildman–Crippen LogP) is 2.68. The quantitative estimate of drug-likeness (QED) is 0.868. The van der Waals surface area contributed by atoms with Crippen LogP contribution in [0.3, 0.4) is 0 Å². The van der Waals surface area contributed by atoms with Gasteiger partial charge < -0.3 is 9.84 Å². The predicted molar refractivity (Wildman–Crippen MR) is 69.2 cm³/mol. The van der Waals surface area contributed by atoms with Crippen molar-refractivity contribution in [1.82, 2.24) is 0 Å². The average Bonchev–Trinajstić information content (AvgIpc) is 2.17. The number of aliphatic hydroxyl groups is 1. The highest BCUT2D eigenvalue weighted by Gasteiger charge is 2.51. The Labute approximate surface area is 104 Å². The second kappa shape index (κ2) is 4.43. The largest absolute Gasteiger partial charge is 0.389 e. The number of hydrogen-bond donors (Lipinski definition) is 1. The molecule has 0 saturated carbocycles. The molecule has 0 bridgehead atoms. The fourth-order valence-electron chi connectivity index (χ4n) is 2.46. The van der Waals surface area contributed by atoms with E-state index in [2.05, 4.69) is 31.2 Å². The van der Waals surface area contributed by atoms with Crippen LogP contribution in [0.15, 0.2) is 24.3 Å². The standard InChI is InChI=1S/C15H22O2/c1-4-5-12-6-8-13(9-7-12)15(10-17-11-15)14(2,3)16/h6-9,16H,4-5,10-11H2,1-3H3. The molecule has 1 N–H and O–H groups in total.